The number of hydrogen-bond donors (Lipinski definition) is 0. The van der Waals surface area contributed by atoms with Crippen molar-refractivity contribution in [1.29, 1.82) is 0 Å². The second-order valence-electron chi connectivity index (χ2n) is 4.01. The Balaban J connectivity index is 2.54. The van der Waals surface area contributed by atoms with Crippen molar-refractivity contribution in [2.75, 3.05) is 0 Å². The molecule has 1 aromatic carbocycles. The highest BCUT2D eigenvalue weighted by atomic mass is 79.9. The number of rotatable bonds is 2. The Morgan fingerprint density at radius 2 is 1.59 bits per heavy atom. The van der Waals surface area contributed by atoms with Crippen LogP contribution in [0.3, 0.4) is 0 Å². The van der Waals surface area contributed by atoms with Crippen molar-refractivity contribution in [2.24, 2.45) is 0 Å². The van der Waals surface area contributed by atoms with E-state index in [0.29, 0.717) is 11.1 Å². The molecular weight excluding hydrogens is 284 g/mol. The molecule has 0 N–H and O–H groups in total. The minimum atomic E-state index is -0.249. The lowest BCUT2D eigenvalue weighted by molar-refractivity contribution is 0.0808. The van der Waals surface area contributed by atoms with Crippen molar-refractivity contribution in [3.05, 3.63) is 45.6 Å². The van der Waals surface area contributed by atoms with Crippen molar-refractivity contribution in [1.82, 2.24) is 0 Å². The first kappa shape index (κ1) is 12.0. The molecule has 0 bridgehead atoms. The second kappa shape index (κ2) is 4.45. The first-order valence-corrected chi connectivity index (χ1v) is 6.06. The van der Waals surface area contributed by atoms with Crippen molar-refractivity contribution >= 4 is 27.5 Å². The van der Waals surface area contributed by atoms with Crippen molar-refractivity contribution < 1.29 is 14.3 Å². The molecule has 0 aliphatic heterocycles. The van der Waals surface area contributed by atoms with Crippen molar-refractivity contribution in [2.45, 2.75) is 20.0 Å². The summed E-state index contributed by atoms with van der Waals surface area (Å²) in [7, 11) is 0. The summed E-state index contributed by atoms with van der Waals surface area (Å²) in [6, 6.07) is 6.75. The van der Waals surface area contributed by atoms with E-state index in [1.165, 1.54) is 0 Å². The lowest BCUT2D eigenvalue weighted by Crippen LogP contribution is -2.23. The van der Waals surface area contributed by atoms with Crippen LogP contribution >= 0.6 is 15.9 Å². The molecule has 0 radical (unpaired) electrons. The molecule has 0 aromatic heterocycles. The summed E-state index contributed by atoms with van der Waals surface area (Å²) in [5, 5.41) is 0. The molecule has 0 unspecified atom stereocenters. The standard InChI is InChI=1S/C13H11BrO3/c1-7(2)17-13-10(14)11(15)8-5-3-4-6-9(8)12(13)16/h3-7H,1-2H3. The molecule has 0 spiro atoms. The second-order valence-corrected chi connectivity index (χ2v) is 4.81. The maximum atomic E-state index is 12.1. The van der Waals surface area contributed by atoms with E-state index in [1.54, 1.807) is 24.3 Å². The minimum absolute atomic E-state index is 0.101. The first-order chi connectivity index (χ1) is 8.02. The van der Waals surface area contributed by atoms with E-state index in [-0.39, 0.29) is 27.9 Å². The number of benzene rings is 1. The number of fused-ring (bicyclic) bond motifs is 1. The average Bonchev–Trinajstić information content (AvgIpc) is 2.31. The van der Waals surface area contributed by atoms with Crippen molar-refractivity contribution in [3.8, 4) is 0 Å². The third-order valence-electron chi connectivity index (χ3n) is 2.37. The minimum Gasteiger partial charge on any atom is -0.486 e. The summed E-state index contributed by atoms with van der Waals surface area (Å²) in [5.41, 5.74) is 0.817. The summed E-state index contributed by atoms with van der Waals surface area (Å²) >= 11 is 3.14. The van der Waals surface area contributed by atoms with Gasteiger partial charge in [0.25, 0.3) is 0 Å². The van der Waals surface area contributed by atoms with E-state index in [1.807, 2.05) is 13.8 Å². The number of ketones is 2. The number of allylic oxidation sites excluding steroid dienone is 2. The molecule has 0 amide bonds. The summed E-state index contributed by atoms with van der Waals surface area (Å²) in [5.74, 6) is -0.361. The van der Waals surface area contributed by atoms with Gasteiger partial charge in [-0.15, -0.1) is 0 Å². The normalized spacial score (nSPS) is 15.3. The third kappa shape index (κ3) is 2.05. The highest BCUT2D eigenvalue weighted by molar-refractivity contribution is 9.12. The molecule has 4 heteroatoms. The molecule has 1 aliphatic carbocycles. The Labute approximate surface area is 108 Å². The van der Waals surface area contributed by atoms with Crippen LogP contribution in [0.25, 0.3) is 0 Å². The van der Waals surface area contributed by atoms with Crippen LogP contribution in [0.1, 0.15) is 34.6 Å². The number of carbonyl (C=O) groups excluding carboxylic acids is 2. The molecular formula is C13H11BrO3. The Hall–Kier alpha value is -1.42. The van der Waals surface area contributed by atoms with Gasteiger partial charge in [0.1, 0.15) is 4.48 Å². The van der Waals surface area contributed by atoms with Crippen LogP contribution in [0.5, 0.6) is 0 Å². The molecule has 1 aromatic rings. The zero-order valence-corrected chi connectivity index (χ0v) is 11.1. The molecule has 0 fully saturated rings. The van der Waals surface area contributed by atoms with Gasteiger partial charge in [0.15, 0.2) is 5.76 Å². The van der Waals surface area contributed by atoms with Gasteiger partial charge in [-0.05, 0) is 29.8 Å². The van der Waals surface area contributed by atoms with Gasteiger partial charge in [0.05, 0.1) is 6.10 Å². The molecule has 17 heavy (non-hydrogen) atoms. The quantitative estimate of drug-likeness (QED) is 0.842. The van der Waals surface area contributed by atoms with E-state index in [4.69, 9.17) is 4.74 Å². The predicted molar refractivity (Wildman–Crippen MR) is 67.3 cm³/mol. The van der Waals surface area contributed by atoms with E-state index in [0.717, 1.165) is 0 Å². The third-order valence-corrected chi connectivity index (χ3v) is 3.10. The Morgan fingerprint density at radius 3 is 2.12 bits per heavy atom. The fourth-order valence-corrected chi connectivity index (χ4v) is 2.15. The SMILES string of the molecule is CC(C)OC1=C(Br)C(=O)c2ccccc2C1=O. The smallest absolute Gasteiger partial charge is 0.229 e. The lowest BCUT2D eigenvalue weighted by atomic mass is 9.93. The Bertz CT molecular complexity index is 529. The Kier molecular flexibility index (Phi) is 3.15. The molecule has 0 atom stereocenters. The maximum absolute atomic E-state index is 12.1. The summed E-state index contributed by atoms with van der Waals surface area (Å²) in [6.07, 6.45) is -0.153. The predicted octanol–water partition coefficient (Wildman–Crippen LogP) is 3.10. The summed E-state index contributed by atoms with van der Waals surface area (Å²) in [4.78, 5) is 24.2. The van der Waals surface area contributed by atoms with Gasteiger partial charge in [-0.3, -0.25) is 9.59 Å². The van der Waals surface area contributed by atoms with Crippen LogP contribution < -0.4 is 0 Å². The number of ether oxygens (including phenoxy) is 1. The van der Waals surface area contributed by atoms with Crippen LogP contribution in [-0.4, -0.2) is 17.7 Å². The van der Waals surface area contributed by atoms with Gasteiger partial charge in [0, 0.05) is 11.1 Å². The van der Waals surface area contributed by atoms with Crippen LogP contribution in [0.4, 0.5) is 0 Å². The summed E-state index contributed by atoms with van der Waals surface area (Å²) < 4.78 is 5.61. The zero-order chi connectivity index (χ0) is 12.6. The first-order valence-electron chi connectivity index (χ1n) is 5.27. The topological polar surface area (TPSA) is 43.4 Å². The van der Waals surface area contributed by atoms with E-state index in [2.05, 4.69) is 15.9 Å². The van der Waals surface area contributed by atoms with Crippen LogP contribution in [0, 0.1) is 0 Å². The van der Waals surface area contributed by atoms with Gasteiger partial charge in [-0.1, -0.05) is 24.3 Å². The number of Topliss-reactive ketones (excluding diaryl/α,β-unsaturated/α-hetero) is 2. The molecule has 88 valence electrons. The highest BCUT2D eigenvalue weighted by Gasteiger charge is 2.32. The van der Waals surface area contributed by atoms with Crippen LogP contribution in [0.15, 0.2) is 34.5 Å². The van der Waals surface area contributed by atoms with Gasteiger partial charge in [-0.2, -0.15) is 0 Å². The highest BCUT2D eigenvalue weighted by Crippen LogP contribution is 2.30. The number of halogens is 1. The largest absolute Gasteiger partial charge is 0.486 e. The monoisotopic (exact) mass is 294 g/mol. The molecule has 2 rings (SSSR count). The van der Waals surface area contributed by atoms with Gasteiger partial charge in [0.2, 0.25) is 11.6 Å². The van der Waals surface area contributed by atoms with Gasteiger partial charge >= 0.3 is 0 Å². The molecule has 0 saturated heterocycles. The number of hydrogen-bond acceptors (Lipinski definition) is 3. The fourth-order valence-electron chi connectivity index (χ4n) is 1.66. The average molecular weight is 295 g/mol. The lowest BCUT2D eigenvalue weighted by Gasteiger charge is -2.19. The Morgan fingerprint density at radius 1 is 1.06 bits per heavy atom. The molecule has 1 aliphatic rings. The van der Waals surface area contributed by atoms with E-state index >= 15 is 0 Å². The maximum Gasteiger partial charge on any atom is 0.229 e. The molecule has 0 saturated carbocycles. The van der Waals surface area contributed by atoms with Gasteiger partial charge in [-0.25, -0.2) is 0 Å². The van der Waals surface area contributed by atoms with Crippen LogP contribution in [-0.2, 0) is 4.74 Å². The van der Waals surface area contributed by atoms with Crippen LogP contribution in [0.2, 0.25) is 0 Å². The van der Waals surface area contributed by atoms with E-state index in [9.17, 15) is 9.59 Å². The van der Waals surface area contributed by atoms with Crippen molar-refractivity contribution in [3.63, 3.8) is 0 Å². The van der Waals surface area contributed by atoms with E-state index < -0.39 is 0 Å². The fraction of sp³-hybridized carbons (Fsp3) is 0.231. The molecule has 0 heterocycles. The number of carbonyl (C=O) groups is 2. The van der Waals surface area contributed by atoms with Gasteiger partial charge < -0.3 is 4.74 Å². The zero-order valence-electron chi connectivity index (χ0n) is 9.49. The summed E-state index contributed by atoms with van der Waals surface area (Å²) in [6.45, 7) is 3.62. The molecule has 3 nitrogen and oxygen atoms in total.